The lowest BCUT2D eigenvalue weighted by molar-refractivity contribution is -0.133. The molecule has 0 atom stereocenters. The quantitative estimate of drug-likeness (QED) is 0.541. The SMILES string of the molecule is CCCn1c(CCC(=O)N2CCN(CC(C)C)CC2)nc2cc(S(=O)(=O)N3CCCC3)ccc21. The summed E-state index contributed by atoms with van der Waals surface area (Å²) in [6.45, 7) is 13.1. The predicted molar refractivity (Wildman–Crippen MR) is 134 cm³/mol. The van der Waals surface area contributed by atoms with Gasteiger partial charge < -0.3 is 9.47 Å². The standard InChI is InChI=1S/C25H39N5O3S/c1-4-11-30-23-8-7-21(34(32,33)29-12-5-6-13-29)18-22(23)26-24(30)9-10-25(31)28-16-14-27(15-17-28)19-20(2)3/h7-8,18,20H,4-6,9-17,19H2,1-3H3. The smallest absolute Gasteiger partial charge is 0.243 e. The largest absolute Gasteiger partial charge is 0.340 e. The van der Waals surface area contributed by atoms with Crippen LogP contribution < -0.4 is 0 Å². The first kappa shape index (κ1) is 25.1. The number of nitrogens with zero attached hydrogens (tertiary/aromatic N) is 5. The van der Waals surface area contributed by atoms with E-state index in [4.69, 9.17) is 4.98 Å². The summed E-state index contributed by atoms with van der Waals surface area (Å²) in [6.07, 6.45) is 3.76. The molecule has 0 unspecified atom stereocenters. The second-order valence-corrected chi connectivity index (χ2v) is 12.0. The molecule has 188 valence electrons. The number of sulfonamides is 1. The molecule has 0 spiro atoms. The molecule has 2 aliphatic rings. The summed E-state index contributed by atoms with van der Waals surface area (Å²) < 4.78 is 29.7. The normalized spacial score (nSPS) is 18.4. The highest BCUT2D eigenvalue weighted by Gasteiger charge is 2.28. The van der Waals surface area contributed by atoms with Gasteiger partial charge in [-0.1, -0.05) is 20.8 Å². The fourth-order valence-corrected chi connectivity index (χ4v) is 6.67. The molecule has 0 saturated carbocycles. The van der Waals surface area contributed by atoms with Crippen molar-refractivity contribution in [3.05, 3.63) is 24.0 Å². The summed E-state index contributed by atoms with van der Waals surface area (Å²) in [5.74, 6) is 1.68. The molecule has 1 aromatic heterocycles. The van der Waals surface area contributed by atoms with E-state index < -0.39 is 10.0 Å². The van der Waals surface area contributed by atoms with Crippen molar-refractivity contribution < 1.29 is 13.2 Å². The summed E-state index contributed by atoms with van der Waals surface area (Å²) in [5.41, 5.74) is 1.63. The topological polar surface area (TPSA) is 78.8 Å². The number of carbonyl (C=O) groups is 1. The van der Waals surface area contributed by atoms with Gasteiger partial charge in [0.1, 0.15) is 5.82 Å². The van der Waals surface area contributed by atoms with E-state index in [0.29, 0.717) is 42.3 Å². The summed E-state index contributed by atoms with van der Waals surface area (Å²) >= 11 is 0. The average molecular weight is 490 g/mol. The zero-order valence-corrected chi connectivity index (χ0v) is 21.7. The number of benzene rings is 1. The number of aromatic nitrogens is 2. The Kier molecular flexibility index (Phi) is 7.94. The third-order valence-corrected chi connectivity index (χ3v) is 8.75. The fraction of sp³-hybridized carbons (Fsp3) is 0.680. The van der Waals surface area contributed by atoms with Gasteiger partial charge >= 0.3 is 0 Å². The molecule has 1 amide bonds. The lowest BCUT2D eigenvalue weighted by Crippen LogP contribution is -2.49. The van der Waals surface area contributed by atoms with Crippen LogP contribution in [0.15, 0.2) is 23.1 Å². The first-order chi connectivity index (χ1) is 16.3. The van der Waals surface area contributed by atoms with Crippen molar-refractivity contribution in [1.29, 1.82) is 0 Å². The maximum Gasteiger partial charge on any atom is 0.243 e. The summed E-state index contributed by atoms with van der Waals surface area (Å²) in [4.78, 5) is 22.4. The van der Waals surface area contributed by atoms with Gasteiger partial charge in [-0.05, 0) is 43.4 Å². The van der Waals surface area contributed by atoms with Crippen molar-refractivity contribution >= 4 is 27.0 Å². The number of rotatable bonds is 9. The molecule has 9 heteroatoms. The van der Waals surface area contributed by atoms with Gasteiger partial charge in [-0.2, -0.15) is 4.31 Å². The molecule has 4 rings (SSSR count). The molecule has 1 aromatic carbocycles. The van der Waals surface area contributed by atoms with Crippen LogP contribution in [0, 0.1) is 5.92 Å². The highest BCUT2D eigenvalue weighted by Crippen LogP contribution is 2.26. The van der Waals surface area contributed by atoms with Crippen molar-refractivity contribution in [3.8, 4) is 0 Å². The molecule has 2 saturated heterocycles. The third-order valence-electron chi connectivity index (χ3n) is 6.86. The Morgan fingerprint density at radius 2 is 1.76 bits per heavy atom. The maximum atomic E-state index is 13.0. The first-order valence-electron chi connectivity index (χ1n) is 12.8. The monoisotopic (exact) mass is 489 g/mol. The Morgan fingerprint density at radius 3 is 2.41 bits per heavy atom. The molecule has 0 radical (unpaired) electrons. The lowest BCUT2D eigenvalue weighted by atomic mass is 10.2. The molecular formula is C25H39N5O3S. The van der Waals surface area contributed by atoms with Crippen LogP contribution in [0.3, 0.4) is 0 Å². The molecule has 2 aliphatic heterocycles. The van der Waals surface area contributed by atoms with Gasteiger partial charge in [-0.3, -0.25) is 9.69 Å². The van der Waals surface area contributed by atoms with Gasteiger partial charge in [0.15, 0.2) is 0 Å². The van der Waals surface area contributed by atoms with Gasteiger partial charge in [0.25, 0.3) is 0 Å². The van der Waals surface area contributed by atoms with Crippen LogP contribution in [-0.4, -0.2) is 83.8 Å². The zero-order valence-electron chi connectivity index (χ0n) is 20.9. The minimum absolute atomic E-state index is 0.177. The van der Waals surface area contributed by atoms with Crippen LogP contribution in [-0.2, 0) is 27.8 Å². The first-order valence-corrected chi connectivity index (χ1v) is 14.2. The van der Waals surface area contributed by atoms with Crippen molar-refractivity contribution in [1.82, 2.24) is 23.7 Å². The van der Waals surface area contributed by atoms with E-state index in [1.165, 1.54) is 0 Å². The Hall–Kier alpha value is -1.97. The highest BCUT2D eigenvalue weighted by atomic mass is 32.2. The van der Waals surface area contributed by atoms with Crippen LogP contribution in [0.25, 0.3) is 11.0 Å². The van der Waals surface area contributed by atoms with E-state index in [1.807, 2.05) is 11.0 Å². The van der Waals surface area contributed by atoms with Gasteiger partial charge in [0.05, 0.1) is 15.9 Å². The van der Waals surface area contributed by atoms with Gasteiger partial charge in [0, 0.05) is 65.2 Å². The maximum absolute atomic E-state index is 13.0. The van der Waals surface area contributed by atoms with Crippen LogP contribution in [0.4, 0.5) is 0 Å². The molecule has 34 heavy (non-hydrogen) atoms. The van der Waals surface area contributed by atoms with Crippen molar-refractivity contribution in [2.75, 3.05) is 45.8 Å². The highest BCUT2D eigenvalue weighted by molar-refractivity contribution is 7.89. The van der Waals surface area contributed by atoms with Gasteiger partial charge in [-0.25, -0.2) is 13.4 Å². The van der Waals surface area contributed by atoms with Crippen molar-refractivity contribution in [2.24, 2.45) is 5.92 Å². The molecule has 3 heterocycles. The Labute approximate surface area is 204 Å². The van der Waals surface area contributed by atoms with Crippen LogP contribution in [0.2, 0.25) is 0 Å². The fourth-order valence-electron chi connectivity index (χ4n) is 5.13. The number of amides is 1. The number of fused-ring (bicyclic) bond motifs is 1. The van der Waals surface area contributed by atoms with Gasteiger partial charge in [-0.15, -0.1) is 0 Å². The summed E-state index contributed by atoms with van der Waals surface area (Å²) in [5, 5.41) is 0. The van der Waals surface area contributed by atoms with Crippen LogP contribution in [0.1, 0.15) is 52.3 Å². The second kappa shape index (κ2) is 10.7. The predicted octanol–water partition coefficient (Wildman–Crippen LogP) is 2.96. The van der Waals surface area contributed by atoms with E-state index in [9.17, 15) is 13.2 Å². The Balaban J connectivity index is 1.46. The van der Waals surface area contributed by atoms with Crippen molar-refractivity contribution in [2.45, 2.75) is 64.3 Å². The number of carbonyl (C=O) groups excluding carboxylic acids is 1. The minimum atomic E-state index is -3.48. The average Bonchev–Trinajstić information content (AvgIpc) is 3.47. The summed E-state index contributed by atoms with van der Waals surface area (Å²) in [6, 6.07) is 5.28. The number of aryl methyl sites for hydroxylation is 2. The van der Waals surface area contributed by atoms with Crippen LogP contribution in [0.5, 0.6) is 0 Å². The van der Waals surface area contributed by atoms with E-state index in [2.05, 4.69) is 30.2 Å². The van der Waals surface area contributed by atoms with Crippen LogP contribution >= 0.6 is 0 Å². The van der Waals surface area contributed by atoms with E-state index in [-0.39, 0.29) is 5.91 Å². The zero-order chi connectivity index (χ0) is 24.3. The number of piperazine rings is 1. The molecule has 2 fully saturated rings. The number of hydrogen-bond acceptors (Lipinski definition) is 5. The van der Waals surface area contributed by atoms with E-state index in [1.54, 1.807) is 16.4 Å². The molecular weight excluding hydrogens is 450 g/mol. The minimum Gasteiger partial charge on any atom is -0.340 e. The Bertz CT molecular complexity index is 1100. The third kappa shape index (κ3) is 5.47. The second-order valence-electron chi connectivity index (χ2n) is 10.0. The Morgan fingerprint density at radius 1 is 1.06 bits per heavy atom. The molecule has 0 aliphatic carbocycles. The van der Waals surface area contributed by atoms with E-state index in [0.717, 1.165) is 69.9 Å². The number of hydrogen-bond donors (Lipinski definition) is 0. The van der Waals surface area contributed by atoms with Crippen molar-refractivity contribution in [3.63, 3.8) is 0 Å². The summed E-state index contributed by atoms with van der Waals surface area (Å²) in [7, 11) is -3.48. The number of imidazole rings is 1. The van der Waals surface area contributed by atoms with Gasteiger partial charge in [0.2, 0.25) is 15.9 Å². The molecule has 2 aromatic rings. The van der Waals surface area contributed by atoms with E-state index >= 15 is 0 Å². The lowest BCUT2D eigenvalue weighted by Gasteiger charge is -2.35. The molecule has 0 bridgehead atoms. The molecule has 0 N–H and O–H groups in total. The molecule has 8 nitrogen and oxygen atoms in total.